The van der Waals surface area contributed by atoms with Crippen molar-refractivity contribution in [3.63, 3.8) is 0 Å². The highest BCUT2D eigenvalue weighted by Crippen LogP contribution is 2.34. The summed E-state index contributed by atoms with van der Waals surface area (Å²) >= 11 is 16.0. The number of ether oxygens (including phenoxy) is 1. The summed E-state index contributed by atoms with van der Waals surface area (Å²) in [5.74, 6) is -0.202. The van der Waals surface area contributed by atoms with E-state index in [2.05, 4.69) is 15.9 Å². The second-order valence-corrected chi connectivity index (χ2v) is 7.96. The molecule has 3 aromatic carbocycles. The minimum Gasteiger partial charge on any atom is -0.487 e. The molecule has 0 aliphatic carbocycles. The Morgan fingerprint density at radius 3 is 2.36 bits per heavy atom. The smallest absolute Gasteiger partial charge is 0.335 e. The maximum absolute atomic E-state index is 11.0. The van der Waals surface area contributed by atoms with Crippen molar-refractivity contribution in [1.29, 1.82) is 0 Å². The highest BCUT2D eigenvalue weighted by atomic mass is 79.9. The summed E-state index contributed by atoms with van der Waals surface area (Å²) in [7, 11) is 0. The van der Waals surface area contributed by atoms with Crippen LogP contribution < -0.4 is 4.74 Å². The summed E-state index contributed by atoms with van der Waals surface area (Å²) in [4.78, 5) is 11.0. The highest BCUT2D eigenvalue weighted by Gasteiger charge is 2.12. The number of hydrogen-bond acceptors (Lipinski definition) is 2. The van der Waals surface area contributed by atoms with Gasteiger partial charge in [-0.15, -0.1) is 0 Å². The van der Waals surface area contributed by atoms with Crippen LogP contribution in [0.5, 0.6) is 5.75 Å². The molecule has 0 atom stereocenters. The molecule has 0 saturated heterocycles. The quantitative estimate of drug-likeness (QED) is 0.404. The van der Waals surface area contributed by atoms with Gasteiger partial charge in [-0.05, 0) is 70.2 Å². The van der Waals surface area contributed by atoms with Gasteiger partial charge in [-0.25, -0.2) is 4.79 Å². The molecule has 0 fully saturated rings. The summed E-state index contributed by atoms with van der Waals surface area (Å²) in [6, 6.07) is 18.1. The molecule has 0 saturated carbocycles. The molecule has 0 unspecified atom stereocenters. The van der Waals surface area contributed by atoms with Crippen LogP contribution in [0.25, 0.3) is 0 Å². The standard InChI is InChI=1S/C22H17BrCl2O3/c23-19-12-18(24)11-16(10-7-14-5-8-15(9-6-14)22(26)27)21(19)28-13-17-3-1-2-4-20(17)25/h1-6,8-9,11-12H,7,10,13H2,(H,26,27). The van der Waals surface area contributed by atoms with Crippen LogP contribution in [-0.4, -0.2) is 11.1 Å². The van der Waals surface area contributed by atoms with Crippen LogP contribution in [0.4, 0.5) is 0 Å². The number of benzene rings is 3. The SMILES string of the molecule is O=C(O)c1ccc(CCc2cc(Cl)cc(Br)c2OCc2ccccc2Cl)cc1. The van der Waals surface area contributed by atoms with Gasteiger partial charge < -0.3 is 9.84 Å². The maximum Gasteiger partial charge on any atom is 0.335 e. The van der Waals surface area contributed by atoms with Crippen molar-refractivity contribution in [2.24, 2.45) is 0 Å². The van der Waals surface area contributed by atoms with E-state index in [1.165, 1.54) is 0 Å². The fourth-order valence-corrected chi connectivity index (χ4v) is 4.00. The first-order valence-corrected chi connectivity index (χ1v) is 10.2. The first-order valence-electron chi connectivity index (χ1n) is 8.60. The third-order valence-electron chi connectivity index (χ3n) is 4.30. The molecule has 0 aliphatic rings. The fraction of sp³-hybridized carbons (Fsp3) is 0.136. The largest absolute Gasteiger partial charge is 0.487 e. The first kappa shape index (κ1) is 20.7. The van der Waals surface area contributed by atoms with E-state index in [0.717, 1.165) is 33.3 Å². The Hall–Kier alpha value is -2.01. The lowest BCUT2D eigenvalue weighted by Crippen LogP contribution is -2.02. The Morgan fingerprint density at radius 1 is 0.964 bits per heavy atom. The molecule has 0 radical (unpaired) electrons. The van der Waals surface area contributed by atoms with Gasteiger partial charge in [0.2, 0.25) is 0 Å². The van der Waals surface area contributed by atoms with Crippen molar-refractivity contribution in [2.75, 3.05) is 0 Å². The molecule has 3 rings (SSSR count). The topological polar surface area (TPSA) is 46.5 Å². The van der Waals surface area contributed by atoms with Crippen molar-refractivity contribution >= 4 is 45.1 Å². The van der Waals surface area contributed by atoms with Gasteiger partial charge in [-0.2, -0.15) is 0 Å². The van der Waals surface area contributed by atoms with Crippen LogP contribution in [0.1, 0.15) is 27.0 Å². The van der Waals surface area contributed by atoms with Crippen molar-refractivity contribution in [3.8, 4) is 5.75 Å². The van der Waals surface area contributed by atoms with Crippen LogP contribution in [-0.2, 0) is 19.4 Å². The Balaban J connectivity index is 1.76. The van der Waals surface area contributed by atoms with Crippen molar-refractivity contribution < 1.29 is 14.6 Å². The van der Waals surface area contributed by atoms with Gasteiger partial charge >= 0.3 is 5.97 Å². The minimum atomic E-state index is -0.930. The zero-order chi connectivity index (χ0) is 20.1. The third-order valence-corrected chi connectivity index (χ3v) is 5.48. The second-order valence-electron chi connectivity index (χ2n) is 6.26. The monoisotopic (exact) mass is 478 g/mol. The molecule has 0 bridgehead atoms. The van der Waals surface area contributed by atoms with Crippen LogP contribution in [0, 0.1) is 0 Å². The molecule has 28 heavy (non-hydrogen) atoms. The highest BCUT2D eigenvalue weighted by molar-refractivity contribution is 9.10. The molecule has 1 N–H and O–H groups in total. The normalized spacial score (nSPS) is 10.7. The van der Waals surface area contributed by atoms with Crippen LogP contribution >= 0.6 is 39.1 Å². The van der Waals surface area contributed by atoms with Crippen LogP contribution in [0.2, 0.25) is 10.0 Å². The van der Waals surface area contributed by atoms with E-state index in [9.17, 15) is 4.79 Å². The summed E-state index contributed by atoms with van der Waals surface area (Å²) < 4.78 is 6.84. The van der Waals surface area contributed by atoms with Crippen LogP contribution in [0.3, 0.4) is 0 Å². The van der Waals surface area contributed by atoms with Gasteiger partial charge in [0, 0.05) is 15.6 Å². The number of carboxylic acid groups (broad SMARTS) is 1. The molecular weight excluding hydrogens is 463 g/mol. The number of halogens is 3. The molecule has 3 aromatic rings. The summed E-state index contributed by atoms with van der Waals surface area (Å²) in [5, 5.41) is 10.3. The predicted molar refractivity (Wildman–Crippen MR) is 116 cm³/mol. The number of carboxylic acids is 1. The number of aromatic carboxylic acids is 1. The Kier molecular flexibility index (Phi) is 7.00. The van der Waals surface area contributed by atoms with Gasteiger partial charge in [0.05, 0.1) is 10.0 Å². The van der Waals surface area contributed by atoms with Gasteiger partial charge in [0.25, 0.3) is 0 Å². The number of aryl methyl sites for hydroxylation is 2. The van der Waals surface area contributed by atoms with Gasteiger partial charge in [0.1, 0.15) is 12.4 Å². The Labute approximate surface area is 182 Å². The number of hydrogen-bond donors (Lipinski definition) is 1. The minimum absolute atomic E-state index is 0.276. The third kappa shape index (κ3) is 5.28. The molecular formula is C22H17BrCl2O3. The molecule has 0 amide bonds. The summed E-state index contributed by atoms with van der Waals surface area (Å²) in [6.07, 6.45) is 1.43. The fourth-order valence-electron chi connectivity index (χ4n) is 2.82. The average Bonchev–Trinajstić information content (AvgIpc) is 2.67. The van der Waals surface area contributed by atoms with E-state index in [0.29, 0.717) is 23.1 Å². The van der Waals surface area contributed by atoms with E-state index in [-0.39, 0.29) is 5.56 Å². The van der Waals surface area contributed by atoms with E-state index in [1.807, 2.05) is 42.5 Å². The van der Waals surface area contributed by atoms with E-state index < -0.39 is 5.97 Å². The lowest BCUT2D eigenvalue weighted by molar-refractivity contribution is 0.0697. The summed E-state index contributed by atoms with van der Waals surface area (Å²) in [6.45, 7) is 0.347. The maximum atomic E-state index is 11.0. The van der Waals surface area contributed by atoms with Crippen molar-refractivity contribution in [3.05, 3.63) is 97.4 Å². The Bertz CT molecular complexity index is 988. The lowest BCUT2D eigenvalue weighted by atomic mass is 10.0. The lowest BCUT2D eigenvalue weighted by Gasteiger charge is -2.15. The van der Waals surface area contributed by atoms with E-state index >= 15 is 0 Å². The second kappa shape index (κ2) is 9.46. The predicted octanol–water partition coefficient (Wildman–Crippen LogP) is 6.82. The van der Waals surface area contributed by atoms with Crippen molar-refractivity contribution in [2.45, 2.75) is 19.4 Å². The van der Waals surface area contributed by atoms with Gasteiger partial charge in [-0.1, -0.05) is 53.5 Å². The zero-order valence-corrected chi connectivity index (χ0v) is 17.9. The number of carbonyl (C=O) groups is 1. The molecule has 0 spiro atoms. The van der Waals surface area contributed by atoms with Crippen molar-refractivity contribution in [1.82, 2.24) is 0 Å². The Morgan fingerprint density at radius 2 is 1.68 bits per heavy atom. The van der Waals surface area contributed by atoms with Gasteiger partial charge in [-0.3, -0.25) is 0 Å². The molecule has 0 aromatic heterocycles. The van der Waals surface area contributed by atoms with Crippen LogP contribution in [0.15, 0.2) is 65.1 Å². The molecule has 6 heteroatoms. The number of rotatable bonds is 7. The van der Waals surface area contributed by atoms with Gasteiger partial charge in [0.15, 0.2) is 0 Å². The van der Waals surface area contributed by atoms with E-state index in [1.54, 1.807) is 18.2 Å². The molecule has 144 valence electrons. The zero-order valence-electron chi connectivity index (χ0n) is 14.8. The molecule has 0 aliphatic heterocycles. The molecule has 3 nitrogen and oxygen atoms in total. The average molecular weight is 480 g/mol. The molecule has 0 heterocycles. The first-order chi connectivity index (χ1) is 13.4. The van der Waals surface area contributed by atoms with E-state index in [4.69, 9.17) is 33.0 Å². The summed E-state index contributed by atoms with van der Waals surface area (Å²) in [5.41, 5.74) is 3.19.